The highest BCUT2D eigenvalue weighted by Gasteiger charge is 2.13. The van der Waals surface area contributed by atoms with E-state index in [1.54, 1.807) is 19.4 Å². The van der Waals surface area contributed by atoms with E-state index in [0.29, 0.717) is 23.4 Å². The summed E-state index contributed by atoms with van der Waals surface area (Å²) in [5, 5.41) is 0. The van der Waals surface area contributed by atoms with Gasteiger partial charge in [0, 0.05) is 17.8 Å². The van der Waals surface area contributed by atoms with Gasteiger partial charge in [-0.15, -0.1) is 0 Å². The highest BCUT2D eigenvalue weighted by atomic mass is 127. The van der Waals surface area contributed by atoms with Crippen LogP contribution in [0.5, 0.6) is 5.88 Å². The SMILES string of the molecule is COc1ccc(-c2nc(N)c(I)c(CC(C)C)n2)cn1. The summed E-state index contributed by atoms with van der Waals surface area (Å²) in [5.41, 5.74) is 7.80. The van der Waals surface area contributed by atoms with Gasteiger partial charge in [-0.2, -0.15) is 0 Å². The number of nitrogens with zero attached hydrogens (tertiary/aromatic N) is 3. The Kier molecular flexibility index (Phi) is 4.74. The van der Waals surface area contributed by atoms with Crippen LogP contribution in [-0.4, -0.2) is 22.1 Å². The number of rotatable bonds is 4. The number of hydrogen-bond acceptors (Lipinski definition) is 5. The van der Waals surface area contributed by atoms with Crippen LogP contribution in [0.3, 0.4) is 0 Å². The fourth-order valence-electron chi connectivity index (χ4n) is 1.80. The normalized spacial score (nSPS) is 10.8. The van der Waals surface area contributed by atoms with Crippen molar-refractivity contribution in [2.45, 2.75) is 20.3 Å². The van der Waals surface area contributed by atoms with E-state index in [-0.39, 0.29) is 0 Å². The molecule has 0 amide bonds. The second kappa shape index (κ2) is 6.34. The molecule has 0 saturated carbocycles. The van der Waals surface area contributed by atoms with Gasteiger partial charge >= 0.3 is 0 Å². The third kappa shape index (κ3) is 3.36. The fourth-order valence-corrected chi connectivity index (χ4v) is 2.26. The fraction of sp³-hybridized carbons (Fsp3) is 0.357. The molecule has 106 valence electrons. The molecule has 0 aliphatic rings. The number of hydrogen-bond donors (Lipinski definition) is 1. The minimum Gasteiger partial charge on any atom is -0.481 e. The zero-order chi connectivity index (χ0) is 14.7. The molecule has 2 N–H and O–H groups in total. The molecule has 0 radical (unpaired) electrons. The summed E-state index contributed by atoms with van der Waals surface area (Å²) in [4.78, 5) is 13.1. The number of nitrogens with two attached hydrogens (primary N) is 1. The lowest BCUT2D eigenvalue weighted by atomic mass is 10.1. The summed E-state index contributed by atoms with van der Waals surface area (Å²) in [6.45, 7) is 4.31. The number of pyridine rings is 1. The van der Waals surface area contributed by atoms with Crippen molar-refractivity contribution >= 4 is 28.4 Å². The van der Waals surface area contributed by atoms with Crippen LogP contribution in [0.25, 0.3) is 11.4 Å². The number of anilines is 1. The van der Waals surface area contributed by atoms with Crippen molar-refractivity contribution in [3.63, 3.8) is 0 Å². The molecule has 0 aliphatic carbocycles. The van der Waals surface area contributed by atoms with Gasteiger partial charge in [-0.05, 0) is 41.0 Å². The Morgan fingerprint density at radius 1 is 1.30 bits per heavy atom. The summed E-state index contributed by atoms with van der Waals surface area (Å²) in [6.07, 6.45) is 2.57. The molecule has 0 atom stereocenters. The highest BCUT2D eigenvalue weighted by Crippen LogP contribution is 2.24. The van der Waals surface area contributed by atoms with E-state index in [0.717, 1.165) is 21.2 Å². The minimum atomic E-state index is 0.514. The van der Waals surface area contributed by atoms with Crippen LogP contribution in [0.1, 0.15) is 19.5 Å². The molecule has 0 fully saturated rings. The molecule has 6 heteroatoms. The molecule has 0 saturated heterocycles. The molecule has 5 nitrogen and oxygen atoms in total. The van der Waals surface area contributed by atoms with Crippen molar-refractivity contribution in [3.05, 3.63) is 27.6 Å². The lowest BCUT2D eigenvalue weighted by molar-refractivity contribution is 0.398. The number of halogens is 1. The Morgan fingerprint density at radius 2 is 2.05 bits per heavy atom. The Morgan fingerprint density at radius 3 is 2.60 bits per heavy atom. The summed E-state index contributed by atoms with van der Waals surface area (Å²) in [5.74, 6) is 2.20. The van der Waals surface area contributed by atoms with Gasteiger partial charge < -0.3 is 10.5 Å². The van der Waals surface area contributed by atoms with Crippen molar-refractivity contribution in [2.75, 3.05) is 12.8 Å². The third-order valence-corrected chi connectivity index (χ3v) is 3.93. The standard InChI is InChI=1S/C14H17IN4O/c1-8(2)6-10-12(15)13(16)19-14(18-10)9-4-5-11(20-3)17-7-9/h4-5,7-8H,6H2,1-3H3,(H2,16,18,19). The monoisotopic (exact) mass is 384 g/mol. The lowest BCUT2D eigenvalue weighted by Gasteiger charge is -2.11. The number of ether oxygens (including phenoxy) is 1. The number of aromatic nitrogens is 3. The van der Waals surface area contributed by atoms with Crippen LogP contribution >= 0.6 is 22.6 Å². The van der Waals surface area contributed by atoms with Gasteiger partial charge in [-0.1, -0.05) is 13.8 Å². The molecule has 2 aromatic rings. The average molecular weight is 384 g/mol. The van der Waals surface area contributed by atoms with Gasteiger partial charge in [-0.25, -0.2) is 15.0 Å². The molecule has 0 spiro atoms. The first kappa shape index (κ1) is 15.0. The summed E-state index contributed by atoms with van der Waals surface area (Å²) in [7, 11) is 1.59. The van der Waals surface area contributed by atoms with E-state index in [2.05, 4.69) is 51.4 Å². The molecule has 2 heterocycles. The number of methoxy groups -OCH3 is 1. The first-order valence-electron chi connectivity index (χ1n) is 6.33. The lowest BCUT2D eigenvalue weighted by Crippen LogP contribution is -2.07. The van der Waals surface area contributed by atoms with Crippen molar-refractivity contribution in [2.24, 2.45) is 5.92 Å². The quantitative estimate of drug-likeness (QED) is 0.821. The van der Waals surface area contributed by atoms with E-state index in [9.17, 15) is 0 Å². The molecule has 20 heavy (non-hydrogen) atoms. The van der Waals surface area contributed by atoms with Crippen molar-refractivity contribution in [1.29, 1.82) is 0 Å². The van der Waals surface area contributed by atoms with E-state index in [4.69, 9.17) is 10.5 Å². The van der Waals surface area contributed by atoms with E-state index in [1.165, 1.54) is 0 Å². The van der Waals surface area contributed by atoms with Gasteiger partial charge in [-0.3, -0.25) is 0 Å². The molecule has 0 bridgehead atoms. The summed E-state index contributed by atoms with van der Waals surface area (Å²) in [6, 6.07) is 3.67. The maximum atomic E-state index is 5.99. The van der Waals surface area contributed by atoms with Crippen LogP contribution in [0.4, 0.5) is 5.82 Å². The second-order valence-electron chi connectivity index (χ2n) is 4.88. The molecular formula is C14H17IN4O. The molecule has 0 unspecified atom stereocenters. The van der Waals surface area contributed by atoms with E-state index in [1.807, 2.05) is 6.07 Å². The van der Waals surface area contributed by atoms with Gasteiger partial charge in [0.25, 0.3) is 0 Å². The maximum absolute atomic E-state index is 5.99. The Balaban J connectivity index is 2.42. The highest BCUT2D eigenvalue weighted by molar-refractivity contribution is 14.1. The number of nitrogen functional groups attached to an aromatic ring is 1. The first-order chi connectivity index (χ1) is 9.51. The molecule has 0 aromatic carbocycles. The molecule has 2 aromatic heterocycles. The van der Waals surface area contributed by atoms with Crippen LogP contribution in [0.2, 0.25) is 0 Å². The third-order valence-electron chi connectivity index (χ3n) is 2.75. The van der Waals surface area contributed by atoms with Crippen LogP contribution in [0, 0.1) is 9.49 Å². The zero-order valence-corrected chi connectivity index (χ0v) is 13.9. The summed E-state index contributed by atoms with van der Waals surface area (Å²) >= 11 is 2.20. The minimum absolute atomic E-state index is 0.514. The van der Waals surface area contributed by atoms with Crippen molar-refractivity contribution in [3.8, 4) is 17.3 Å². The van der Waals surface area contributed by atoms with E-state index >= 15 is 0 Å². The van der Waals surface area contributed by atoms with Crippen LogP contribution in [-0.2, 0) is 6.42 Å². The van der Waals surface area contributed by atoms with Crippen LogP contribution in [0.15, 0.2) is 18.3 Å². The Labute approximate surface area is 132 Å². The van der Waals surface area contributed by atoms with E-state index < -0.39 is 0 Å². The van der Waals surface area contributed by atoms with Crippen LogP contribution < -0.4 is 10.5 Å². The Hall–Kier alpha value is -1.44. The second-order valence-corrected chi connectivity index (χ2v) is 5.96. The van der Waals surface area contributed by atoms with Crippen molar-refractivity contribution < 1.29 is 4.74 Å². The van der Waals surface area contributed by atoms with Gasteiger partial charge in [0.2, 0.25) is 5.88 Å². The van der Waals surface area contributed by atoms with Crippen molar-refractivity contribution in [1.82, 2.24) is 15.0 Å². The largest absolute Gasteiger partial charge is 0.481 e. The molecule has 0 aliphatic heterocycles. The predicted octanol–water partition coefficient (Wildman–Crippen LogP) is 2.93. The topological polar surface area (TPSA) is 73.9 Å². The smallest absolute Gasteiger partial charge is 0.212 e. The van der Waals surface area contributed by atoms with Gasteiger partial charge in [0.15, 0.2) is 5.82 Å². The predicted molar refractivity (Wildman–Crippen MR) is 87.5 cm³/mol. The maximum Gasteiger partial charge on any atom is 0.212 e. The average Bonchev–Trinajstić information content (AvgIpc) is 2.43. The van der Waals surface area contributed by atoms with Gasteiger partial charge in [0.1, 0.15) is 5.82 Å². The first-order valence-corrected chi connectivity index (χ1v) is 7.41. The van der Waals surface area contributed by atoms with Gasteiger partial charge in [0.05, 0.1) is 16.4 Å². The molecule has 2 rings (SSSR count). The zero-order valence-electron chi connectivity index (χ0n) is 11.7. The summed E-state index contributed by atoms with van der Waals surface area (Å²) < 4.78 is 5.98. The molecular weight excluding hydrogens is 367 g/mol. The Bertz CT molecular complexity index is 599.